The summed E-state index contributed by atoms with van der Waals surface area (Å²) in [6.07, 6.45) is 10.6. The highest BCUT2D eigenvalue weighted by Crippen LogP contribution is 2.20. The lowest BCUT2D eigenvalue weighted by Crippen LogP contribution is -2.09. The van der Waals surface area contributed by atoms with Gasteiger partial charge in [-0.1, -0.05) is 98.1 Å². The van der Waals surface area contributed by atoms with E-state index in [1.165, 1.54) is 37.7 Å². The third-order valence-corrected chi connectivity index (χ3v) is 4.73. The van der Waals surface area contributed by atoms with E-state index in [0.717, 1.165) is 11.3 Å². The number of rotatable bonds is 4. The number of aliphatic imine (C=N–C) groups is 2. The van der Waals surface area contributed by atoms with Gasteiger partial charge >= 0.3 is 0 Å². The normalized spacial score (nSPS) is 14.7. The second-order valence-corrected chi connectivity index (χ2v) is 6.99. The molecule has 0 saturated heterocycles. The molecular formula is C26H28N2. The van der Waals surface area contributed by atoms with Crippen molar-refractivity contribution >= 4 is 18.1 Å². The third kappa shape index (κ3) is 7.32. The van der Waals surface area contributed by atoms with Crippen molar-refractivity contribution in [3.8, 4) is 0 Å². The molecular weight excluding hydrogens is 340 g/mol. The van der Waals surface area contributed by atoms with Crippen LogP contribution in [0, 0.1) is 0 Å². The molecule has 0 amide bonds. The Morgan fingerprint density at radius 3 is 1.64 bits per heavy atom. The highest BCUT2D eigenvalue weighted by atomic mass is 14.8. The molecule has 0 radical (unpaired) electrons. The molecule has 0 bridgehead atoms. The van der Waals surface area contributed by atoms with E-state index in [9.17, 15) is 0 Å². The van der Waals surface area contributed by atoms with Crippen LogP contribution in [0.4, 0.5) is 5.69 Å². The van der Waals surface area contributed by atoms with Gasteiger partial charge in [-0.05, 0) is 36.1 Å². The molecule has 28 heavy (non-hydrogen) atoms. The average molecular weight is 369 g/mol. The van der Waals surface area contributed by atoms with Crippen LogP contribution in [0.5, 0.6) is 0 Å². The van der Waals surface area contributed by atoms with Gasteiger partial charge in [0.1, 0.15) is 0 Å². The van der Waals surface area contributed by atoms with Crippen LogP contribution in [0.2, 0.25) is 0 Å². The fraction of sp³-hybridized carbons (Fsp3) is 0.231. The van der Waals surface area contributed by atoms with Crippen molar-refractivity contribution in [1.82, 2.24) is 0 Å². The zero-order chi connectivity index (χ0) is 19.3. The van der Waals surface area contributed by atoms with Gasteiger partial charge in [-0.2, -0.15) is 0 Å². The monoisotopic (exact) mass is 368 g/mol. The van der Waals surface area contributed by atoms with Gasteiger partial charge in [0.2, 0.25) is 0 Å². The number of hydrogen-bond acceptors (Lipinski definition) is 2. The van der Waals surface area contributed by atoms with E-state index in [-0.39, 0.29) is 0 Å². The van der Waals surface area contributed by atoms with Crippen LogP contribution in [0.25, 0.3) is 0 Å². The summed E-state index contributed by atoms with van der Waals surface area (Å²) in [7, 11) is 0. The lowest BCUT2D eigenvalue weighted by Gasteiger charge is -2.16. The van der Waals surface area contributed by atoms with Crippen molar-refractivity contribution in [2.24, 2.45) is 9.98 Å². The molecule has 0 aliphatic heterocycles. The van der Waals surface area contributed by atoms with Crippen molar-refractivity contribution in [3.05, 3.63) is 102 Å². The van der Waals surface area contributed by atoms with Gasteiger partial charge < -0.3 is 0 Å². The molecule has 0 N–H and O–H groups in total. The summed E-state index contributed by atoms with van der Waals surface area (Å²) in [6, 6.07) is 31.0. The molecule has 0 spiro atoms. The summed E-state index contributed by atoms with van der Waals surface area (Å²) >= 11 is 0. The molecule has 4 rings (SSSR count). The van der Waals surface area contributed by atoms with E-state index in [0.29, 0.717) is 6.04 Å². The van der Waals surface area contributed by atoms with Crippen LogP contribution < -0.4 is 0 Å². The van der Waals surface area contributed by atoms with E-state index in [2.05, 4.69) is 34.3 Å². The molecule has 0 aromatic heterocycles. The number of para-hydroxylation sites is 1. The summed E-state index contributed by atoms with van der Waals surface area (Å²) in [5, 5.41) is 0. The fourth-order valence-electron chi connectivity index (χ4n) is 3.16. The molecule has 1 aliphatic rings. The third-order valence-electron chi connectivity index (χ3n) is 4.73. The van der Waals surface area contributed by atoms with Crippen molar-refractivity contribution in [2.75, 3.05) is 0 Å². The minimum atomic E-state index is 0.587. The predicted molar refractivity (Wildman–Crippen MR) is 121 cm³/mol. The summed E-state index contributed by atoms with van der Waals surface area (Å²) in [6.45, 7) is 0. The maximum Gasteiger partial charge on any atom is 0.0629 e. The zero-order valence-electron chi connectivity index (χ0n) is 16.3. The smallest absolute Gasteiger partial charge is 0.0629 e. The van der Waals surface area contributed by atoms with Crippen molar-refractivity contribution in [1.29, 1.82) is 0 Å². The average Bonchev–Trinajstić information content (AvgIpc) is 2.80. The molecule has 0 heterocycles. The lowest BCUT2D eigenvalue weighted by atomic mass is 9.96. The first-order chi connectivity index (χ1) is 13.9. The van der Waals surface area contributed by atoms with Gasteiger partial charge in [0.05, 0.1) is 5.69 Å². The second kappa shape index (κ2) is 11.7. The topological polar surface area (TPSA) is 24.7 Å². The van der Waals surface area contributed by atoms with E-state index < -0.39 is 0 Å². The first kappa shape index (κ1) is 19.8. The van der Waals surface area contributed by atoms with Crippen LogP contribution >= 0.6 is 0 Å². The van der Waals surface area contributed by atoms with Crippen molar-refractivity contribution in [2.45, 2.75) is 38.1 Å². The van der Waals surface area contributed by atoms with Crippen molar-refractivity contribution < 1.29 is 0 Å². The lowest BCUT2D eigenvalue weighted by molar-refractivity contribution is 0.444. The summed E-state index contributed by atoms with van der Waals surface area (Å²) in [5.74, 6) is 0. The molecule has 1 saturated carbocycles. The summed E-state index contributed by atoms with van der Waals surface area (Å²) in [5.41, 5.74) is 3.32. The Hall–Kier alpha value is -3.00. The number of benzene rings is 3. The standard InChI is InChI=1S/C13H17N.C13H11N/c2*1-3-7-12(8-4-1)11-14-13-9-5-2-6-10-13/h1,3-4,7-8,11,13H,2,5-6,9-10H2;1-11H/b2*14-11+. The SMILES string of the molecule is C(=N\C1CCCCC1)/c1ccccc1.C(=N\c1ccccc1)/c1ccccc1. The quantitative estimate of drug-likeness (QED) is 0.449. The maximum absolute atomic E-state index is 4.63. The van der Waals surface area contributed by atoms with Gasteiger partial charge in [0.25, 0.3) is 0 Å². The second-order valence-electron chi connectivity index (χ2n) is 6.99. The summed E-state index contributed by atoms with van der Waals surface area (Å²) in [4.78, 5) is 8.98. The minimum absolute atomic E-state index is 0.587. The molecule has 2 heteroatoms. The molecule has 2 nitrogen and oxygen atoms in total. The van der Waals surface area contributed by atoms with Crippen LogP contribution in [0.1, 0.15) is 43.2 Å². The number of nitrogens with zero attached hydrogens (tertiary/aromatic N) is 2. The molecule has 1 aliphatic carbocycles. The van der Waals surface area contributed by atoms with E-state index in [1.54, 1.807) is 0 Å². The van der Waals surface area contributed by atoms with Gasteiger partial charge in [-0.3, -0.25) is 9.98 Å². The Morgan fingerprint density at radius 2 is 1.07 bits per heavy atom. The number of hydrogen-bond donors (Lipinski definition) is 0. The van der Waals surface area contributed by atoms with Gasteiger partial charge in [0.15, 0.2) is 0 Å². The van der Waals surface area contributed by atoms with Crippen molar-refractivity contribution in [3.63, 3.8) is 0 Å². The summed E-state index contributed by atoms with van der Waals surface area (Å²) < 4.78 is 0. The largest absolute Gasteiger partial charge is 0.289 e. The molecule has 142 valence electrons. The van der Waals surface area contributed by atoms with Crippen LogP contribution in [-0.2, 0) is 0 Å². The Balaban J connectivity index is 0.000000161. The molecule has 1 fully saturated rings. The minimum Gasteiger partial charge on any atom is -0.289 e. The van der Waals surface area contributed by atoms with Gasteiger partial charge in [0, 0.05) is 18.5 Å². The zero-order valence-corrected chi connectivity index (χ0v) is 16.3. The van der Waals surface area contributed by atoms with E-state index >= 15 is 0 Å². The van der Waals surface area contributed by atoms with Crippen LogP contribution in [0.3, 0.4) is 0 Å². The Morgan fingerprint density at radius 1 is 0.571 bits per heavy atom. The first-order valence-electron chi connectivity index (χ1n) is 10.1. The molecule has 0 atom stereocenters. The fourth-order valence-corrected chi connectivity index (χ4v) is 3.16. The Labute approximate surface area is 168 Å². The van der Waals surface area contributed by atoms with Crippen LogP contribution in [0.15, 0.2) is 101 Å². The van der Waals surface area contributed by atoms with E-state index in [4.69, 9.17) is 0 Å². The molecule has 3 aromatic rings. The Kier molecular flexibility index (Phi) is 8.22. The predicted octanol–water partition coefficient (Wildman–Crippen LogP) is 6.88. The van der Waals surface area contributed by atoms with Crippen LogP contribution in [-0.4, -0.2) is 18.5 Å². The van der Waals surface area contributed by atoms with E-state index in [1.807, 2.05) is 79.2 Å². The molecule has 3 aromatic carbocycles. The maximum atomic E-state index is 4.63. The van der Waals surface area contributed by atoms with Gasteiger partial charge in [-0.15, -0.1) is 0 Å². The molecule has 0 unspecified atom stereocenters. The highest BCUT2D eigenvalue weighted by molar-refractivity contribution is 5.81. The highest BCUT2D eigenvalue weighted by Gasteiger charge is 2.10. The Bertz CT molecular complexity index is 792. The first-order valence-corrected chi connectivity index (χ1v) is 10.1. The van der Waals surface area contributed by atoms with Gasteiger partial charge in [-0.25, -0.2) is 0 Å².